The largest absolute Gasteiger partial charge is 0.416 e. The van der Waals surface area contributed by atoms with Gasteiger partial charge in [0.25, 0.3) is 0 Å². The fraction of sp³-hybridized carbons (Fsp3) is 0.467. The summed E-state index contributed by atoms with van der Waals surface area (Å²) in [5, 5.41) is 0. The van der Waals surface area contributed by atoms with Crippen molar-refractivity contribution in [3.63, 3.8) is 0 Å². The van der Waals surface area contributed by atoms with Crippen LogP contribution < -0.4 is 0 Å². The van der Waals surface area contributed by atoms with Crippen LogP contribution in [0.2, 0.25) is 0 Å². The van der Waals surface area contributed by atoms with Crippen molar-refractivity contribution in [2.24, 2.45) is 0 Å². The predicted molar refractivity (Wildman–Crippen MR) is 71.4 cm³/mol. The third-order valence-electron chi connectivity index (χ3n) is 3.86. The van der Waals surface area contributed by atoms with Gasteiger partial charge in [0, 0.05) is 13.1 Å². The molecule has 0 amide bonds. The molecule has 20 heavy (non-hydrogen) atoms. The highest BCUT2D eigenvalue weighted by molar-refractivity contribution is 5.32. The van der Waals surface area contributed by atoms with Gasteiger partial charge in [0.2, 0.25) is 0 Å². The second-order valence-corrected chi connectivity index (χ2v) is 5.03. The predicted octanol–water partition coefficient (Wildman–Crippen LogP) is 3.44. The van der Waals surface area contributed by atoms with Crippen molar-refractivity contribution >= 4 is 0 Å². The number of rotatable bonds is 3. The van der Waals surface area contributed by atoms with Gasteiger partial charge in [-0.15, -0.1) is 6.58 Å². The van der Waals surface area contributed by atoms with E-state index in [1.165, 1.54) is 12.1 Å². The number of halogens is 3. The lowest BCUT2D eigenvalue weighted by molar-refractivity contribution is -0.137. The molecule has 0 radical (unpaired) electrons. The van der Waals surface area contributed by atoms with E-state index < -0.39 is 17.3 Å². The number of morpholine rings is 1. The molecule has 110 valence electrons. The average molecular weight is 285 g/mol. The van der Waals surface area contributed by atoms with Gasteiger partial charge in [-0.3, -0.25) is 4.90 Å². The quantitative estimate of drug-likeness (QED) is 0.789. The molecule has 0 saturated carbocycles. The van der Waals surface area contributed by atoms with E-state index in [4.69, 9.17) is 4.74 Å². The lowest BCUT2D eigenvalue weighted by Crippen LogP contribution is -2.48. The van der Waals surface area contributed by atoms with Crippen LogP contribution in [0.1, 0.15) is 18.1 Å². The molecular formula is C15H18F3NO. The van der Waals surface area contributed by atoms with Crippen LogP contribution in [0.4, 0.5) is 13.2 Å². The number of benzene rings is 1. The second-order valence-electron chi connectivity index (χ2n) is 5.03. The van der Waals surface area contributed by atoms with Crippen LogP contribution in [-0.2, 0) is 16.5 Å². The summed E-state index contributed by atoms with van der Waals surface area (Å²) in [4.78, 5) is 2.17. The maximum atomic E-state index is 12.6. The van der Waals surface area contributed by atoms with Crippen molar-refractivity contribution in [3.8, 4) is 0 Å². The molecule has 1 aliphatic heterocycles. The van der Waals surface area contributed by atoms with E-state index in [0.29, 0.717) is 13.2 Å². The fourth-order valence-electron chi connectivity index (χ4n) is 2.45. The van der Waals surface area contributed by atoms with Crippen molar-refractivity contribution in [1.29, 1.82) is 0 Å². The summed E-state index contributed by atoms with van der Waals surface area (Å²) < 4.78 is 43.1. The van der Waals surface area contributed by atoms with Crippen LogP contribution >= 0.6 is 0 Å². The van der Waals surface area contributed by atoms with Gasteiger partial charge < -0.3 is 4.74 Å². The van der Waals surface area contributed by atoms with Gasteiger partial charge in [-0.05, 0) is 24.6 Å². The van der Waals surface area contributed by atoms with Gasteiger partial charge >= 0.3 is 6.18 Å². The maximum absolute atomic E-state index is 12.6. The molecule has 5 heteroatoms. The number of hydrogen-bond donors (Lipinski definition) is 0. The summed E-state index contributed by atoms with van der Waals surface area (Å²) in [7, 11) is 0. The maximum Gasteiger partial charge on any atom is 0.416 e. The Balaban J connectivity index is 2.29. The highest BCUT2D eigenvalue weighted by Crippen LogP contribution is 2.34. The van der Waals surface area contributed by atoms with Gasteiger partial charge in [0.15, 0.2) is 0 Å². The smallest absolute Gasteiger partial charge is 0.379 e. The van der Waals surface area contributed by atoms with Gasteiger partial charge in [-0.1, -0.05) is 18.2 Å². The minimum absolute atomic E-state index is 0.478. The van der Waals surface area contributed by atoms with Crippen molar-refractivity contribution in [2.45, 2.75) is 18.6 Å². The van der Waals surface area contributed by atoms with Crippen LogP contribution in [0, 0.1) is 0 Å². The van der Waals surface area contributed by atoms with Crippen molar-refractivity contribution in [1.82, 2.24) is 4.90 Å². The summed E-state index contributed by atoms with van der Waals surface area (Å²) in [5.41, 5.74) is -0.300. The Labute approximate surface area is 116 Å². The molecule has 1 atom stereocenters. The fourth-order valence-corrected chi connectivity index (χ4v) is 2.45. The highest BCUT2D eigenvalue weighted by atomic mass is 19.4. The van der Waals surface area contributed by atoms with E-state index in [1.54, 1.807) is 6.08 Å². The molecule has 1 aromatic rings. The van der Waals surface area contributed by atoms with Crippen LogP contribution in [0.15, 0.2) is 36.9 Å². The zero-order valence-corrected chi connectivity index (χ0v) is 11.4. The second kappa shape index (κ2) is 5.58. The van der Waals surface area contributed by atoms with Crippen molar-refractivity contribution < 1.29 is 17.9 Å². The molecule has 1 saturated heterocycles. The Morgan fingerprint density at radius 2 is 1.60 bits per heavy atom. The molecule has 1 aliphatic rings. The third kappa shape index (κ3) is 2.88. The molecule has 2 nitrogen and oxygen atoms in total. The zero-order chi connectivity index (χ0) is 14.8. The number of ether oxygens (including phenoxy) is 1. The van der Waals surface area contributed by atoms with Crippen molar-refractivity contribution in [3.05, 3.63) is 48.0 Å². The lowest BCUT2D eigenvalue weighted by Gasteiger charge is -2.41. The first-order valence-electron chi connectivity index (χ1n) is 6.52. The summed E-state index contributed by atoms with van der Waals surface area (Å²) in [5.74, 6) is 0. The number of hydrogen-bond acceptors (Lipinski definition) is 2. The molecule has 0 N–H and O–H groups in total. The van der Waals surface area contributed by atoms with E-state index in [2.05, 4.69) is 11.5 Å². The van der Waals surface area contributed by atoms with E-state index in [-0.39, 0.29) is 0 Å². The number of nitrogens with zero attached hydrogens (tertiary/aromatic N) is 1. The van der Waals surface area contributed by atoms with Crippen LogP contribution in [0.5, 0.6) is 0 Å². The Morgan fingerprint density at radius 3 is 2.05 bits per heavy atom. The molecule has 0 aromatic heterocycles. The topological polar surface area (TPSA) is 12.5 Å². The molecule has 1 unspecified atom stereocenters. The minimum atomic E-state index is -4.30. The normalized spacial score (nSPS) is 20.4. The molecule has 1 aromatic carbocycles. The average Bonchev–Trinajstić information content (AvgIpc) is 2.46. The van der Waals surface area contributed by atoms with Crippen LogP contribution in [0.25, 0.3) is 0 Å². The Hall–Kier alpha value is -1.33. The van der Waals surface area contributed by atoms with E-state index in [0.717, 1.165) is 30.8 Å². The molecule has 0 aliphatic carbocycles. The molecule has 0 bridgehead atoms. The van der Waals surface area contributed by atoms with E-state index >= 15 is 0 Å². The standard InChI is InChI=1S/C15H18F3NO/c1-3-14(2,19-8-10-20-11-9-19)12-4-6-13(7-5-12)15(16,17)18/h3-7H,1,8-11H2,2H3. The highest BCUT2D eigenvalue weighted by Gasteiger charge is 2.34. The van der Waals surface area contributed by atoms with Crippen LogP contribution in [0.3, 0.4) is 0 Å². The lowest BCUT2D eigenvalue weighted by atomic mass is 9.89. The Kier molecular flexibility index (Phi) is 4.20. The summed E-state index contributed by atoms with van der Waals surface area (Å²) in [6.45, 7) is 8.55. The minimum Gasteiger partial charge on any atom is -0.379 e. The summed E-state index contributed by atoms with van der Waals surface area (Å²) in [6.07, 6.45) is -2.52. The summed E-state index contributed by atoms with van der Waals surface area (Å²) in [6, 6.07) is 5.30. The Bertz CT molecular complexity index is 463. The molecule has 2 rings (SSSR count). The first-order chi connectivity index (χ1) is 9.38. The van der Waals surface area contributed by atoms with Crippen LogP contribution in [-0.4, -0.2) is 31.2 Å². The molecule has 1 heterocycles. The molecular weight excluding hydrogens is 267 g/mol. The van der Waals surface area contributed by atoms with Gasteiger partial charge in [0.1, 0.15) is 0 Å². The summed E-state index contributed by atoms with van der Waals surface area (Å²) >= 11 is 0. The zero-order valence-electron chi connectivity index (χ0n) is 11.4. The SMILES string of the molecule is C=CC(C)(c1ccc(C(F)(F)F)cc1)N1CCOCC1. The first-order valence-corrected chi connectivity index (χ1v) is 6.52. The monoisotopic (exact) mass is 285 g/mol. The number of alkyl halides is 3. The molecule has 1 fully saturated rings. The molecule has 0 spiro atoms. The van der Waals surface area contributed by atoms with Crippen molar-refractivity contribution in [2.75, 3.05) is 26.3 Å². The van der Waals surface area contributed by atoms with Gasteiger partial charge in [-0.25, -0.2) is 0 Å². The third-order valence-corrected chi connectivity index (χ3v) is 3.86. The first kappa shape index (κ1) is 15.1. The van der Waals surface area contributed by atoms with E-state index in [1.807, 2.05) is 6.92 Å². The van der Waals surface area contributed by atoms with E-state index in [9.17, 15) is 13.2 Å². The Morgan fingerprint density at radius 1 is 1.10 bits per heavy atom. The van der Waals surface area contributed by atoms with Gasteiger partial charge in [-0.2, -0.15) is 13.2 Å². The van der Waals surface area contributed by atoms with Gasteiger partial charge in [0.05, 0.1) is 24.3 Å².